The van der Waals surface area contributed by atoms with Crippen LogP contribution in [0, 0.1) is 3.57 Å². The Bertz CT molecular complexity index is 321. The number of aryl methyl sites for hydroxylation is 1. The SMILES string of the molecule is OCCCCCCCCCCCCc1ccc(I)cc1. The van der Waals surface area contributed by atoms with Crippen LogP contribution in [-0.2, 0) is 6.42 Å². The van der Waals surface area contributed by atoms with Gasteiger partial charge in [-0.1, -0.05) is 63.5 Å². The third-order valence-corrected chi connectivity index (χ3v) is 4.51. The predicted octanol–water partition coefficient (Wildman–Crippen LogP) is 5.73. The van der Waals surface area contributed by atoms with Crippen molar-refractivity contribution in [3.63, 3.8) is 0 Å². The number of hydrogen-bond donors (Lipinski definition) is 1. The Balaban J connectivity index is 1.84. The fourth-order valence-electron chi connectivity index (χ4n) is 2.51. The van der Waals surface area contributed by atoms with Gasteiger partial charge in [-0.2, -0.15) is 0 Å². The van der Waals surface area contributed by atoms with Gasteiger partial charge in [-0.3, -0.25) is 0 Å². The molecule has 2 heteroatoms. The van der Waals surface area contributed by atoms with E-state index in [1.54, 1.807) is 0 Å². The van der Waals surface area contributed by atoms with Crippen LogP contribution >= 0.6 is 22.6 Å². The van der Waals surface area contributed by atoms with E-state index < -0.39 is 0 Å². The summed E-state index contributed by atoms with van der Waals surface area (Å²) in [6.07, 6.45) is 14.3. The van der Waals surface area contributed by atoms with Crippen molar-refractivity contribution < 1.29 is 5.11 Å². The van der Waals surface area contributed by atoms with E-state index in [1.165, 1.54) is 73.3 Å². The molecule has 0 aliphatic rings. The Morgan fingerprint density at radius 2 is 1.10 bits per heavy atom. The lowest BCUT2D eigenvalue weighted by molar-refractivity contribution is 0.282. The highest BCUT2D eigenvalue weighted by Crippen LogP contribution is 2.13. The maximum atomic E-state index is 8.68. The molecule has 0 heterocycles. The molecule has 0 bridgehead atoms. The number of aliphatic hydroxyl groups excluding tert-OH is 1. The van der Waals surface area contributed by atoms with Crippen molar-refractivity contribution in [3.05, 3.63) is 33.4 Å². The Kier molecular flexibility index (Phi) is 11.3. The molecule has 0 aromatic heterocycles. The molecule has 114 valence electrons. The third kappa shape index (κ3) is 9.76. The largest absolute Gasteiger partial charge is 0.396 e. The second kappa shape index (κ2) is 12.6. The number of hydrogen-bond acceptors (Lipinski definition) is 1. The topological polar surface area (TPSA) is 20.2 Å². The molecule has 0 spiro atoms. The maximum absolute atomic E-state index is 8.68. The Morgan fingerprint density at radius 3 is 1.60 bits per heavy atom. The van der Waals surface area contributed by atoms with Gasteiger partial charge in [-0.25, -0.2) is 0 Å². The van der Waals surface area contributed by atoms with Crippen molar-refractivity contribution in [3.8, 4) is 0 Å². The number of rotatable bonds is 12. The minimum Gasteiger partial charge on any atom is -0.396 e. The summed E-state index contributed by atoms with van der Waals surface area (Å²) >= 11 is 2.36. The van der Waals surface area contributed by atoms with Crippen LogP contribution in [0.25, 0.3) is 0 Å². The van der Waals surface area contributed by atoms with Gasteiger partial charge in [0.25, 0.3) is 0 Å². The highest BCUT2D eigenvalue weighted by molar-refractivity contribution is 14.1. The molecule has 0 saturated heterocycles. The van der Waals surface area contributed by atoms with Crippen LogP contribution in [0.2, 0.25) is 0 Å². The summed E-state index contributed by atoms with van der Waals surface area (Å²) in [5.74, 6) is 0. The Morgan fingerprint density at radius 1 is 0.650 bits per heavy atom. The van der Waals surface area contributed by atoms with E-state index in [-0.39, 0.29) is 0 Å². The first kappa shape index (κ1) is 18.0. The molecule has 1 N–H and O–H groups in total. The van der Waals surface area contributed by atoms with Crippen LogP contribution in [0.15, 0.2) is 24.3 Å². The van der Waals surface area contributed by atoms with Gasteiger partial charge < -0.3 is 5.11 Å². The van der Waals surface area contributed by atoms with E-state index in [2.05, 4.69) is 46.9 Å². The monoisotopic (exact) mass is 388 g/mol. The molecule has 1 nitrogen and oxygen atoms in total. The zero-order chi connectivity index (χ0) is 14.5. The van der Waals surface area contributed by atoms with Crippen LogP contribution in [0.4, 0.5) is 0 Å². The Hall–Kier alpha value is -0.0900. The van der Waals surface area contributed by atoms with Gasteiger partial charge in [0.15, 0.2) is 0 Å². The van der Waals surface area contributed by atoms with Crippen molar-refractivity contribution in [1.29, 1.82) is 0 Å². The molecule has 0 radical (unpaired) electrons. The number of halogens is 1. The summed E-state index contributed by atoms with van der Waals surface area (Å²) < 4.78 is 1.32. The molecule has 0 fully saturated rings. The Labute approximate surface area is 138 Å². The average Bonchev–Trinajstić information content (AvgIpc) is 2.47. The van der Waals surface area contributed by atoms with Crippen LogP contribution in [0.5, 0.6) is 0 Å². The fraction of sp³-hybridized carbons (Fsp3) is 0.667. The van der Waals surface area contributed by atoms with E-state index in [1.807, 2.05) is 0 Å². The third-order valence-electron chi connectivity index (χ3n) is 3.79. The smallest absolute Gasteiger partial charge is 0.0431 e. The number of benzene rings is 1. The summed E-state index contributed by atoms with van der Waals surface area (Å²) in [6, 6.07) is 8.92. The minimum atomic E-state index is 0.362. The number of unbranched alkanes of at least 4 members (excludes halogenated alkanes) is 9. The van der Waals surface area contributed by atoms with Crippen molar-refractivity contribution in [2.45, 2.75) is 70.6 Å². The van der Waals surface area contributed by atoms with Crippen LogP contribution in [-0.4, -0.2) is 11.7 Å². The molecular formula is C18H29IO. The van der Waals surface area contributed by atoms with Gasteiger partial charge in [0, 0.05) is 10.2 Å². The highest BCUT2D eigenvalue weighted by atomic mass is 127. The lowest BCUT2D eigenvalue weighted by Gasteiger charge is -2.03. The van der Waals surface area contributed by atoms with Gasteiger partial charge in [0.1, 0.15) is 0 Å². The summed E-state index contributed by atoms with van der Waals surface area (Å²) in [7, 11) is 0. The van der Waals surface area contributed by atoms with E-state index >= 15 is 0 Å². The fourth-order valence-corrected chi connectivity index (χ4v) is 2.87. The highest BCUT2D eigenvalue weighted by Gasteiger charge is 1.95. The van der Waals surface area contributed by atoms with Gasteiger partial charge in [0.05, 0.1) is 0 Å². The van der Waals surface area contributed by atoms with Crippen molar-refractivity contribution >= 4 is 22.6 Å². The van der Waals surface area contributed by atoms with Crippen molar-refractivity contribution in [1.82, 2.24) is 0 Å². The summed E-state index contributed by atoms with van der Waals surface area (Å²) in [6.45, 7) is 0.362. The summed E-state index contributed by atoms with van der Waals surface area (Å²) in [4.78, 5) is 0. The summed E-state index contributed by atoms with van der Waals surface area (Å²) in [5, 5.41) is 8.68. The first-order valence-electron chi connectivity index (χ1n) is 8.18. The first-order valence-corrected chi connectivity index (χ1v) is 9.26. The maximum Gasteiger partial charge on any atom is 0.0431 e. The zero-order valence-electron chi connectivity index (χ0n) is 12.6. The van der Waals surface area contributed by atoms with Gasteiger partial charge >= 0.3 is 0 Å². The van der Waals surface area contributed by atoms with Crippen molar-refractivity contribution in [2.24, 2.45) is 0 Å². The minimum absolute atomic E-state index is 0.362. The standard InChI is InChI=1S/C18H29IO/c19-18-14-12-17(13-15-18)11-9-7-5-3-1-2-4-6-8-10-16-20/h12-15,20H,1-11,16H2. The van der Waals surface area contributed by atoms with E-state index in [4.69, 9.17) is 5.11 Å². The van der Waals surface area contributed by atoms with E-state index in [9.17, 15) is 0 Å². The zero-order valence-corrected chi connectivity index (χ0v) is 14.8. The van der Waals surface area contributed by atoms with E-state index in [0.717, 1.165) is 6.42 Å². The quantitative estimate of drug-likeness (QED) is 0.358. The van der Waals surface area contributed by atoms with Crippen molar-refractivity contribution in [2.75, 3.05) is 6.61 Å². The molecule has 0 unspecified atom stereocenters. The van der Waals surface area contributed by atoms with E-state index in [0.29, 0.717) is 6.61 Å². The second-order valence-electron chi connectivity index (χ2n) is 5.64. The molecule has 20 heavy (non-hydrogen) atoms. The molecule has 0 atom stereocenters. The van der Waals surface area contributed by atoms with Gasteiger partial charge in [0.2, 0.25) is 0 Å². The number of aliphatic hydroxyl groups is 1. The van der Waals surface area contributed by atoms with Crippen LogP contribution in [0.1, 0.15) is 69.8 Å². The predicted molar refractivity (Wildman–Crippen MR) is 96.1 cm³/mol. The summed E-state index contributed by atoms with van der Waals surface area (Å²) in [5.41, 5.74) is 1.48. The molecule has 0 saturated carbocycles. The molecule has 0 aliphatic heterocycles. The second-order valence-corrected chi connectivity index (χ2v) is 6.88. The lowest BCUT2D eigenvalue weighted by Crippen LogP contribution is -1.87. The van der Waals surface area contributed by atoms with Crippen LogP contribution in [0.3, 0.4) is 0 Å². The lowest BCUT2D eigenvalue weighted by atomic mass is 10.0. The molecule has 1 aromatic rings. The van der Waals surface area contributed by atoms with Crippen LogP contribution < -0.4 is 0 Å². The molecule has 0 aliphatic carbocycles. The van der Waals surface area contributed by atoms with Gasteiger partial charge in [-0.15, -0.1) is 0 Å². The molecule has 0 amide bonds. The normalized spacial score (nSPS) is 10.9. The molecular weight excluding hydrogens is 359 g/mol. The molecule has 1 aromatic carbocycles. The van der Waals surface area contributed by atoms with Gasteiger partial charge in [-0.05, 0) is 59.5 Å². The molecule has 1 rings (SSSR count). The first-order chi connectivity index (χ1) is 9.83. The average molecular weight is 388 g/mol.